The summed E-state index contributed by atoms with van der Waals surface area (Å²) < 4.78 is 5.58. The fourth-order valence-corrected chi connectivity index (χ4v) is 2.41. The predicted molar refractivity (Wildman–Crippen MR) is 75.0 cm³/mol. The summed E-state index contributed by atoms with van der Waals surface area (Å²) in [6, 6.07) is 5.60. The molecule has 1 fully saturated rings. The minimum Gasteiger partial charge on any atom is -0.378 e. The normalized spacial score (nSPS) is 18.7. The van der Waals surface area contributed by atoms with Crippen LogP contribution < -0.4 is 11.1 Å². The van der Waals surface area contributed by atoms with E-state index in [9.17, 15) is 4.79 Å². The van der Waals surface area contributed by atoms with E-state index in [0.29, 0.717) is 11.7 Å². The quantitative estimate of drug-likeness (QED) is 0.768. The first kappa shape index (κ1) is 14.0. The maximum absolute atomic E-state index is 11.1. The number of rotatable bonds is 6. The highest BCUT2D eigenvalue weighted by atomic mass is 16.5. The van der Waals surface area contributed by atoms with Crippen molar-refractivity contribution in [2.75, 3.05) is 13.2 Å². The van der Waals surface area contributed by atoms with Gasteiger partial charge in [-0.2, -0.15) is 0 Å². The van der Waals surface area contributed by atoms with Gasteiger partial charge in [0.25, 0.3) is 0 Å². The minimum atomic E-state index is -0.374. The van der Waals surface area contributed by atoms with Crippen LogP contribution in [-0.2, 0) is 11.3 Å². The van der Waals surface area contributed by atoms with Crippen molar-refractivity contribution in [2.24, 2.45) is 5.73 Å². The van der Waals surface area contributed by atoms with Gasteiger partial charge in [0.2, 0.25) is 5.91 Å². The molecule has 0 aromatic heterocycles. The van der Waals surface area contributed by atoms with E-state index in [1.54, 1.807) is 6.07 Å². The molecule has 4 heteroatoms. The van der Waals surface area contributed by atoms with Crippen molar-refractivity contribution in [3.05, 3.63) is 34.9 Å². The number of amides is 1. The SMILES string of the molecule is Cc1cc(C(N)=O)ccc1CNCCC1CCCO1. The second-order valence-electron chi connectivity index (χ2n) is 5.11. The summed E-state index contributed by atoms with van der Waals surface area (Å²) in [5.41, 5.74) is 8.13. The van der Waals surface area contributed by atoms with Gasteiger partial charge in [0.15, 0.2) is 0 Å². The Bertz CT molecular complexity index is 440. The van der Waals surface area contributed by atoms with Gasteiger partial charge in [0.1, 0.15) is 0 Å². The van der Waals surface area contributed by atoms with Gasteiger partial charge in [-0.25, -0.2) is 0 Å². The van der Waals surface area contributed by atoms with Crippen LogP contribution in [0.15, 0.2) is 18.2 Å². The van der Waals surface area contributed by atoms with E-state index in [2.05, 4.69) is 5.32 Å². The van der Waals surface area contributed by atoms with Gasteiger partial charge >= 0.3 is 0 Å². The van der Waals surface area contributed by atoms with Crippen molar-refractivity contribution < 1.29 is 9.53 Å². The van der Waals surface area contributed by atoms with Gasteiger partial charge < -0.3 is 15.8 Å². The molecule has 0 bridgehead atoms. The van der Waals surface area contributed by atoms with Gasteiger partial charge in [-0.3, -0.25) is 4.79 Å². The molecular formula is C15H22N2O2. The van der Waals surface area contributed by atoms with Crippen LogP contribution in [0.2, 0.25) is 0 Å². The second-order valence-corrected chi connectivity index (χ2v) is 5.11. The highest BCUT2D eigenvalue weighted by Crippen LogP contribution is 2.15. The third-order valence-corrected chi connectivity index (χ3v) is 3.61. The van der Waals surface area contributed by atoms with Crippen LogP contribution in [0, 0.1) is 6.92 Å². The fraction of sp³-hybridized carbons (Fsp3) is 0.533. The van der Waals surface area contributed by atoms with E-state index in [0.717, 1.165) is 31.7 Å². The number of aryl methyl sites for hydroxylation is 1. The lowest BCUT2D eigenvalue weighted by atomic mass is 10.0. The van der Waals surface area contributed by atoms with E-state index in [-0.39, 0.29) is 5.91 Å². The Kier molecular flexibility index (Phi) is 4.93. The van der Waals surface area contributed by atoms with E-state index < -0.39 is 0 Å². The van der Waals surface area contributed by atoms with E-state index in [1.807, 2.05) is 19.1 Å². The van der Waals surface area contributed by atoms with Gasteiger partial charge in [0, 0.05) is 18.7 Å². The monoisotopic (exact) mass is 262 g/mol. The minimum absolute atomic E-state index is 0.374. The molecule has 2 rings (SSSR count). The number of ether oxygens (including phenoxy) is 1. The molecule has 1 amide bonds. The Balaban J connectivity index is 1.77. The van der Waals surface area contributed by atoms with Crippen LogP contribution in [0.1, 0.15) is 40.7 Å². The van der Waals surface area contributed by atoms with Crippen LogP contribution in [0.25, 0.3) is 0 Å². The van der Waals surface area contributed by atoms with Crippen LogP contribution >= 0.6 is 0 Å². The third-order valence-electron chi connectivity index (χ3n) is 3.61. The number of carbonyl (C=O) groups is 1. The number of primary amides is 1. The molecule has 0 radical (unpaired) electrons. The van der Waals surface area contributed by atoms with Gasteiger partial charge in [-0.15, -0.1) is 0 Å². The number of nitrogens with one attached hydrogen (secondary N) is 1. The Morgan fingerprint density at radius 2 is 2.37 bits per heavy atom. The lowest BCUT2D eigenvalue weighted by Gasteiger charge is -2.11. The van der Waals surface area contributed by atoms with Crippen LogP contribution in [0.4, 0.5) is 0 Å². The van der Waals surface area contributed by atoms with Crippen molar-refractivity contribution in [1.82, 2.24) is 5.32 Å². The number of hydrogen-bond acceptors (Lipinski definition) is 3. The average molecular weight is 262 g/mol. The second kappa shape index (κ2) is 6.68. The number of benzene rings is 1. The van der Waals surface area contributed by atoms with Crippen LogP contribution in [0.3, 0.4) is 0 Å². The van der Waals surface area contributed by atoms with E-state index >= 15 is 0 Å². The summed E-state index contributed by atoms with van der Waals surface area (Å²) in [6.07, 6.45) is 3.89. The smallest absolute Gasteiger partial charge is 0.248 e. The zero-order chi connectivity index (χ0) is 13.7. The van der Waals surface area contributed by atoms with Crippen molar-refractivity contribution in [1.29, 1.82) is 0 Å². The summed E-state index contributed by atoms with van der Waals surface area (Å²) in [5, 5.41) is 3.42. The lowest BCUT2D eigenvalue weighted by Crippen LogP contribution is -2.20. The highest BCUT2D eigenvalue weighted by Gasteiger charge is 2.14. The van der Waals surface area contributed by atoms with Crippen LogP contribution in [-0.4, -0.2) is 25.2 Å². The molecule has 104 valence electrons. The Morgan fingerprint density at radius 1 is 1.53 bits per heavy atom. The first-order valence-corrected chi connectivity index (χ1v) is 6.88. The first-order chi connectivity index (χ1) is 9.16. The highest BCUT2D eigenvalue weighted by molar-refractivity contribution is 5.93. The molecule has 0 aliphatic carbocycles. The summed E-state index contributed by atoms with van der Waals surface area (Å²) in [5.74, 6) is -0.374. The van der Waals surface area contributed by atoms with E-state index in [4.69, 9.17) is 10.5 Å². The largest absolute Gasteiger partial charge is 0.378 e. The predicted octanol–water partition coefficient (Wildman–Crippen LogP) is 1.75. The molecule has 1 atom stereocenters. The molecule has 0 spiro atoms. The molecule has 3 N–H and O–H groups in total. The Hall–Kier alpha value is -1.39. The van der Waals surface area contributed by atoms with E-state index in [1.165, 1.54) is 18.4 Å². The summed E-state index contributed by atoms with van der Waals surface area (Å²) in [4.78, 5) is 11.1. The maximum Gasteiger partial charge on any atom is 0.248 e. The third kappa shape index (κ3) is 4.04. The molecular weight excluding hydrogens is 240 g/mol. The topological polar surface area (TPSA) is 64.4 Å². The molecule has 1 heterocycles. The molecule has 4 nitrogen and oxygen atoms in total. The average Bonchev–Trinajstić information content (AvgIpc) is 2.89. The first-order valence-electron chi connectivity index (χ1n) is 6.88. The number of carbonyl (C=O) groups excluding carboxylic acids is 1. The summed E-state index contributed by atoms with van der Waals surface area (Å²) in [7, 11) is 0. The summed E-state index contributed by atoms with van der Waals surface area (Å²) >= 11 is 0. The maximum atomic E-state index is 11.1. The van der Waals surface area contributed by atoms with Crippen molar-refractivity contribution in [3.63, 3.8) is 0 Å². The summed E-state index contributed by atoms with van der Waals surface area (Å²) in [6.45, 7) is 4.70. The number of hydrogen-bond donors (Lipinski definition) is 2. The lowest BCUT2D eigenvalue weighted by molar-refractivity contribution is 0.0999. The molecule has 1 aliphatic rings. The zero-order valence-electron chi connectivity index (χ0n) is 11.4. The zero-order valence-corrected chi connectivity index (χ0v) is 11.4. The standard InChI is InChI=1S/C15H22N2O2/c1-11-9-12(15(16)18)4-5-13(11)10-17-7-6-14-3-2-8-19-14/h4-5,9,14,17H,2-3,6-8,10H2,1H3,(H2,16,18). The van der Waals surface area contributed by atoms with Gasteiger partial charge in [0.05, 0.1) is 6.10 Å². The number of nitrogens with two attached hydrogens (primary N) is 1. The van der Waals surface area contributed by atoms with Gasteiger partial charge in [-0.05, 0) is 56.0 Å². The molecule has 1 aromatic rings. The van der Waals surface area contributed by atoms with Crippen LogP contribution in [0.5, 0.6) is 0 Å². The van der Waals surface area contributed by atoms with Crippen molar-refractivity contribution >= 4 is 5.91 Å². The Morgan fingerprint density at radius 3 is 3.00 bits per heavy atom. The van der Waals surface area contributed by atoms with Crippen molar-refractivity contribution in [2.45, 2.75) is 38.8 Å². The molecule has 19 heavy (non-hydrogen) atoms. The molecule has 1 aromatic carbocycles. The molecule has 0 saturated carbocycles. The molecule has 1 aliphatic heterocycles. The Labute approximate surface area is 114 Å². The van der Waals surface area contributed by atoms with Gasteiger partial charge in [-0.1, -0.05) is 6.07 Å². The molecule has 1 unspecified atom stereocenters. The fourth-order valence-electron chi connectivity index (χ4n) is 2.41. The molecule has 1 saturated heterocycles. The van der Waals surface area contributed by atoms with Crippen molar-refractivity contribution in [3.8, 4) is 0 Å².